The second-order valence-corrected chi connectivity index (χ2v) is 16.5. The van der Waals surface area contributed by atoms with Gasteiger partial charge in [-0.25, -0.2) is 17.6 Å². The molecule has 2 N–H and O–H groups in total. The van der Waals surface area contributed by atoms with Crippen LogP contribution in [0.4, 0.5) is 28.4 Å². The fourth-order valence-electron chi connectivity index (χ4n) is 8.81. The van der Waals surface area contributed by atoms with Crippen molar-refractivity contribution in [2.45, 2.75) is 69.4 Å². The molecule has 1 saturated carbocycles. The number of ether oxygens (including phenoxy) is 1. The lowest BCUT2D eigenvalue weighted by Crippen LogP contribution is -2.56. The highest BCUT2D eigenvalue weighted by molar-refractivity contribution is 7.23. The minimum Gasteiger partial charge on any atom is -0.461 e. The summed E-state index contributed by atoms with van der Waals surface area (Å²) in [5, 5.41) is 10.5. The molecular formula is C38H38ClF4N7O2S. The van der Waals surface area contributed by atoms with E-state index in [1.54, 1.807) is 17.9 Å². The smallest absolute Gasteiger partial charge is 0.319 e. The molecule has 0 bridgehead atoms. The Morgan fingerprint density at radius 3 is 2.64 bits per heavy atom. The number of nitrogens with two attached hydrogens (primary N) is 1. The summed E-state index contributed by atoms with van der Waals surface area (Å²) in [7, 11) is 0. The van der Waals surface area contributed by atoms with Crippen molar-refractivity contribution >= 4 is 60.7 Å². The largest absolute Gasteiger partial charge is 0.461 e. The maximum atomic E-state index is 17.1. The zero-order valence-electron chi connectivity index (χ0n) is 29.4. The van der Waals surface area contributed by atoms with Crippen molar-refractivity contribution in [1.82, 2.24) is 19.8 Å². The van der Waals surface area contributed by atoms with E-state index < -0.39 is 41.3 Å². The molecule has 278 valence electrons. The van der Waals surface area contributed by atoms with Gasteiger partial charge in [-0.3, -0.25) is 9.69 Å². The number of hydrogen-bond acceptors (Lipinski definition) is 9. The van der Waals surface area contributed by atoms with Crippen LogP contribution in [0.3, 0.4) is 0 Å². The average Bonchev–Trinajstić information content (AvgIpc) is 3.35. The molecule has 3 saturated heterocycles. The topological polar surface area (TPSA) is 112 Å². The summed E-state index contributed by atoms with van der Waals surface area (Å²) in [6.07, 6.45) is 3.18. The monoisotopic (exact) mass is 767 g/mol. The molecule has 2 atom stereocenters. The van der Waals surface area contributed by atoms with Crippen LogP contribution in [-0.4, -0.2) is 82.0 Å². The van der Waals surface area contributed by atoms with Crippen LogP contribution < -0.4 is 15.4 Å². The van der Waals surface area contributed by atoms with E-state index in [4.69, 9.17) is 27.1 Å². The predicted octanol–water partition coefficient (Wildman–Crippen LogP) is 7.93. The Balaban J connectivity index is 1.20. The van der Waals surface area contributed by atoms with Gasteiger partial charge >= 0.3 is 6.01 Å². The predicted molar refractivity (Wildman–Crippen MR) is 197 cm³/mol. The second kappa shape index (κ2) is 12.7. The summed E-state index contributed by atoms with van der Waals surface area (Å²) < 4.78 is 66.4. The Kier molecular flexibility index (Phi) is 8.59. The molecule has 1 aliphatic carbocycles. The number of benzene rings is 2. The van der Waals surface area contributed by atoms with E-state index in [2.05, 4.69) is 16.5 Å². The lowest BCUT2D eigenvalue weighted by molar-refractivity contribution is -0.141. The molecule has 1 unspecified atom stereocenters. The Hall–Kier alpha value is -4.19. The van der Waals surface area contributed by atoms with Gasteiger partial charge in [0.1, 0.15) is 40.7 Å². The lowest BCUT2D eigenvalue weighted by Gasteiger charge is -2.47. The van der Waals surface area contributed by atoms with Crippen LogP contribution in [-0.2, 0) is 4.79 Å². The molecule has 9 nitrogen and oxygen atoms in total. The van der Waals surface area contributed by atoms with Crippen LogP contribution in [0, 0.1) is 28.9 Å². The summed E-state index contributed by atoms with van der Waals surface area (Å²) in [6, 6.07) is 6.13. The van der Waals surface area contributed by atoms with Crippen molar-refractivity contribution in [3.63, 3.8) is 0 Å². The molecule has 1 amide bonds. The highest BCUT2D eigenvalue weighted by Crippen LogP contribution is 2.51. The summed E-state index contributed by atoms with van der Waals surface area (Å²) in [5.74, 6) is -5.80. The Morgan fingerprint density at radius 1 is 1.23 bits per heavy atom. The van der Waals surface area contributed by atoms with Crippen LogP contribution in [0.5, 0.6) is 6.01 Å². The van der Waals surface area contributed by atoms with Crippen molar-refractivity contribution in [2.75, 3.05) is 50.0 Å². The number of nitriles is 1. The van der Waals surface area contributed by atoms with E-state index in [1.165, 1.54) is 12.1 Å². The highest BCUT2D eigenvalue weighted by atomic mass is 35.5. The number of halogens is 5. The van der Waals surface area contributed by atoms with Gasteiger partial charge in [-0.05, 0) is 70.2 Å². The first-order chi connectivity index (χ1) is 25.2. The molecule has 4 aliphatic rings. The third kappa shape index (κ3) is 5.77. The van der Waals surface area contributed by atoms with Gasteiger partial charge in [-0.15, -0.1) is 11.3 Å². The summed E-state index contributed by atoms with van der Waals surface area (Å²) in [6.45, 7) is 11.0. The molecule has 4 fully saturated rings. The molecule has 3 aliphatic heterocycles. The third-order valence-corrected chi connectivity index (χ3v) is 13.1. The third-order valence-electron chi connectivity index (χ3n) is 11.7. The number of thiophene rings is 1. The molecule has 0 radical (unpaired) electrons. The maximum Gasteiger partial charge on any atom is 0.319 e. The Morgan fingerprint density at radius 2 is 1.96 bits per heavy atom. The number of fused-ring (bicyclic) bond motifs is 3. The Bertz CT molecular complexity index is 2250. The van der Waals surface area contributed by atoms with E-state index in [-0.39, 0.29) is 60.5 Å². The van der Waals surface area contributed by atoms with Crippen LogP contribution in [0.25, 0.3) is 32.1 Å². The van der Waals surface area contributed by atoms with Gasteiger partial charge in [0.25, 0.3) is 5.92 Å². The highest BCUT2D eigenvalue weighted by Gasteiger charge is 2.63. The van der Waals surface area contributed by atoms with Crippen molar-refractivity contribution in [3.05, 3.63) is 52.6 Å². The molecule has 5 heterocycles. The number of anilines is 2. The van der Waals surface area contributed by atoms with E-state index in [0.717, 1.165) is 49.3 Å². The Labute approximate surface area is 312 Å². The zero-order chi connectivity index (χ0) is 37.6. The summed E-state index contributed by atoms with van der Waals surface area (Å²) in [4.78, 5) is 28.5. The van der Waals surface area contributed by atoms with Gasteiger partial charge in [-0.2, -0.15) is 15.2 Å². The van der Waals surface area contributed by atoms with Crippen LogP contribution in [0.1, 0.15) is 57.9 Å². The van der Waals surface area contributed by atoms with Crippen molar-refractivity contribution in [2.24, 2.45) is 5.92 Å². The van der Waals surface area contributed by atoms with Gasteiger partial charge < -0.3 is 20.3 Å². The molecule has 53 heavy (non-hydrogen) atoms. The van der Waals surface area contributed by atoms with Crippen LogP contribution in [0.15, 0.2) is 30.4 Å². The SMILES string of the molecule is C=C1CN2CCC[C@@]2(COc2nc(N3CCC(C)(N(CC)C(=O)C4CC4(F)F)CC3)c3cc(Cl)c(-c4ccc(F)c5sc(N)c(C#N)c45)c(F)c3n2)C1. The maximum absolute atomic E-state index is 17.1. The van der Waals surface area contributed by atoms with Crippen molar-refractivity contribution < 1.29 is 27.1 Å². The normalized spacial score (nSPS) is 23.4. The summed E-state index contributed by atoms with van der Waals surface area (Å²) in [5.41, 5.74) is 6.36. The molecule has 8 rings (SSSR count). The number of nitrogen functional groups attached to an aromatic ring is 1. The van der Waals surface area contributed by atoms with Gasteiger partial charge in [0.2, 0.25) is 5.91 Å². The number of hydrogen-bond donors (Lipinski definition) is 1. The van der Waals surface area contributed by atoms with Gasteiger partial charge in [-0.1, -0.05) is 29.8 Å². The minimum absolute atomic E-state index is 0.00462. The molecule has 0 spiro atoms. The fraction of sp³-hybridized carbons (Fsp3) is 0.474. The molecule has 15 heteroatoms. The van der Waals surface area contributed by atoms with E-state index in [0.29, 0.717) is 43.7 Å². The van der Waals surface area contributed by atoms with Crippen molar-refractivity contribution in [3.8, 4) is 23.2 Å². The second-order valence-electron chi connectivity index (χ2n) is 15.1. The van der Waals surface area contributed by atoms with Gasteiger partial charge in [0, 0.05) is 54.5 Å². The number of piperidine rings is 1. The van der Waals surface area contributed by atoms with Crippen LogP contribution >= 0.6 is 22.9 Å². The standard InChI is InChI=1S/C38H38ClF4N7O2S/c1-4-50(34(51)24-16-38(24,42)43)36(3)9-12-48(13-10-36)33-22-14-25(39)28(21-6-7-26(40)31-27(21)23(17-44)32(45)53-31)29(41)30(22)46-35(47-33)52-19-37-8-5-11-49(37)18-20(2)15-37/h6-7,14,24H,2,4-5,8-13,15-16,18-19,45H2,1,3H3/t24?,37-/m0/s1. The first-order valence-corrected chi connectivity index (χ1v) is 19.0. The summed E-state index contributed by atoms with van der Waals surface area (Å²) >= 11 is 7.79. The van der Waals surface area contributed by atoms with Crippen LogP contribution in [0.2, 0.25) is 5.02 Å². The van der Waals surface area contributed by atoms with Crippen molar-refractivity contribution in [1.29, 1.82) is 5.26 Å². The lowest BCUT2D eigenvalue weighted by atomic mass is 9.87. The number of carbonyl (C=O) groups is 1. The number of amides is 1. The first kappa shape index (κ1) is 35.8. The average molecular weight is 768 g/mol. The number of rotatable bonds is 8. The van der Waals surface area contributed by atoms with E-state index in [9.17, 15) is 23.2 Å². The molecular weight excluding hydrogens is 730 g/mol. The number of aromatic nitrogens is 2. The quantitative estimate of drug-likeness (QED) is 0.142. The molecule has 2 aromatic heterocycles. The molecule has 2 aromatic carbocycles. The first-order valence-electron chi connectivity index (χ1n) is 17.8. The van der Waals surface area contributed by atoms with Gasteiger partial charge in [0.05, 0.1) is 20.8 Å². The van der Waals surface area contributed by atoms with E-state index >= 15 is 4.39 Å². The van der Waals surface area contributed by atoms with E-state index in [1.807, 2.05) is 17.9 Å². The number of nitrogens with zero attached hydrogens (tertiary/aromatic N) is 6. The molecule has 4 aromatic rings. The zero-order valence-corrected chi connectivity index (χ0v) is 30.9. The minimum atomic E-state index is -2.97. The fourth-order valence-corrected chi connectivity index (χ4v) is 10.1. The van der Waals surface area contributed by atoms with Gasteiger partial charge in [0.15, 0.2) is 5.82 Å². The number of alkyl halides is 2. The number of carbonyl (C=O) groups excluding carboxylic acids is 1.